The summed E-state index contributed by atoms with van der Waals surface area (Å²) in [6.07, 6.45) is 0. The first-order chi connectivity index (χ1) is 10.4. The summed E-state index contributed by atoms with van der Waals surface area (Å²) >= 11 is 1.42. The molecular formula is C16H17N3O2S. The standard InChI is InChI=1S/C16H17N3O2S/c1-16(2,3)14-17-18-15(19(14)4)22-12-9-13(20)21-11-8-6-5-7-10(11)12/h5-9H,1-4H3. The molecule has 3 rings (SSSR count). The monoisotopic (exact) mass is 315 g/mol. The van der Waals surface area contributed by atoms with Gasteiger partial charge in [0.25, 0.3) is 0 Å². The van der Waals surface area contributed by atoms with Crippen LogP contribution in [0.4, 0.5) is 0 Å². The number of para-hydroxylation sites is 1. The molecule has 3 aromatic rings. The first-order valence-electron chi connectivity index (χ1n) is 6.97. The lowest BCUT2D eigenvalue weighted by molar-refractivity contribution is 0.513. The van der Waals surface area contributed by atoms with Crippen molar-refractivity contribution in [3.63, 3.8) is 0 Å². The lowest BCUT2D eigenvalue weighted by Crippen LogP contribution is -2.17. The second-order valence-corrected chi connectivity index (χ2v) is 7.15. The molecule has 0 radical (unpaired) electrons. The van der Waals surface area contributed by atoms with Gasteiger partial charge in [-0.3, -0.25) is 0 Å². The van der Waals surface area contributed by atoms with Crippen LogP contribution in [0.1, 0.15) is 26.6 Å². The van der Waals surface area contributed by atoms with Crippen LogP contribution in [0.2, 0.25) is 0 Å². The number of aromatic nitrogens is 3. The highest BCUT2D eigenvalue weighted by Gasteiger charge is 2.22. The van der Waals surface area contributed by atoms with E-state index in [-0.39, 0.29) is 11.0 Å². The highest BCUT2D eigenvalue weighted by Crippen LogP contribution is 2.32. The maximum absolute atomic E-state index is 11.7. The van der Waals surface area contributed by atoms with E-state index in [2.05, 4.69) is 31.0 Å². The number of hydrogen-bond donors (Lipinski definition) is 0. The zero-order chi connectivity index (χ0) is 15.9. The van der Waals surface area contributed by atoms with Crippen molar-refractivity contribution in [3.05, 3.63) is 46.6 Å². The van der Waals surface area contributed by atoms with Gasteiger partial charge in [0.1, 0.15) is 11.4 Å². The van der Waals surface area contributed by atoms with Gasteiger partial charge < -0.3 is 8.98 Å². The fourth-order valence-electron chi connectivity index (χ4n) is 2.32. The Morgan fingerprint density at radius 2 is 1.91 bits per heavy atom. The fourth-order valence-corrected chi connectivity index (χ4v) is 3.26. The van der Waals surface area contributed by atoms with Crippen LogP contribution < -0.4 is 5.63 Å². The minimum atomic E-state index is -0.362. The molecule has 0 amide bonds. The quantitative estimate of drug-likeness (QED) is 0.679. The Balaban J connectivity index is 2.08. The van der Waals surface area contributed by atoms with E-state index < -0.39 is 0 Å². The smallest absolute Gasteiger partial charge is 0.337 e. The summed E-state index contributed by atoms with van der Waals surface area (Å²) in [5, 5.41) is 10.2. The molecule has 0 spiro atoms. The second-order valence-electron chi connectivity index (χ2n) is 6.14. The number of hydrogen-bond acceptors (Lipinski definition) is 5. The van der Waals surface area contributed by atoms with E-state index >= 15 is 0 Å². The average molecular weight is 315 g/mol. The first kappa shape index (κ1) is 14.8. The summed E-state index contributed by atoms with van der Waals surface area (Å²) in [5.74, 6) is 0.905. The summed E-state index contributed by atoms with van der Waals surface area (Å²) in [5.41, 5.74) is 0.133. The van der Waals surface area contributed by atoms with Gasteiger partial charge in [-0.25, -0.2) is 4.79 Å². The Morgan fingerprint density at radius 3 is 2.59 bits per heavy atom. The van der Waals surface area contributed by atoms with Crippen LogP contribution in [-0.2, 0) is 12.5 Å². The van der Waals surface area contributed by atoms with Crippen LogP contribution in [0.5, 0.6) is 0 Å². The molecule has 0 saturated carbocycles. The molecule has 0 aliphatic rings. The second kappa shape index (κ2) is 5.28. The van der Waals surface area contributed by atoms with Crippen LogP contribution in [-0.4, -0.2) is 14.8 Å². The molecule has 1 aromatic carbocycles. The predicted octanol–water partition coefficient (Wildman–Crippen LogP) is 3.37. The van der Waals surface area contributed by atoms with Gasteiger partial charge in [-0.1, -0.05) is 39.0 Å². The van der Waals surface area contributed by atoms with Crippen molar-refractivity contribution in [2.45, 2.75) is 36.2 Å². The molecule has 0 aliphatic heterocycles. The molecule has 0 unspecified atom stereocenters. The summed E-state index contributed by atoms with van der Waals surface area (Å²) < 4.78 is 7.18. The van der Waals surface area contributed by atoms with Crippen LogP contribution in [0.3, 0.4) is 0 Å². The summed E-state index contributed by atoms with van der Waals surface area (Å²) in [4.78, 5) is 12.5. The van der Waals surface area contributed by atoms with Gasteiger partial charge in [0, 0.05) is 28.8 Å². The third-order valence-corrected chi connectivity index (χ3v) is 4.41. The van der Waals surface area contributed by atoms with Crippen molar-refractivity contribution >= 4 is 22.7 Å². The van der Waals surface area contributed by atoms with E-state index in [0.717, 1.165) is 21.3 Å². The minimum absolute atomic E-state index is 0.0850. The molecule has 0 N–H and O–H groups in total. The summed E-state index contributed by atoms with van der Waals surface area (Å²) in [6, 6.07) is 8.99. The predicted molar refractivity (Wildman–Crippen MR) is 86.3 cm³/mol. The van der Waals surface area contributed by atoms with Crippen LogP contribution in [0.25, 0.3) is 11.0 Å². The van der Waals surface area contributed by atoms with Crippen molar-refractivity contribution in [1.29, 1.82) is 0 Å². The molecular weight excluding hydrogens is 298 g/mol. The number of fused-ring (bicyclic) bond motifs is 1. The zero-order valence-corrected chi connectivity index (χ0v) is 13.8. The maximum atomic E-state index is 11.7. The van der Waals surface area contributed by atoms with E-state index in [1.807, 2.05) is 29.8 Å². The molecule has 0 fully saturated rings. The maximum Gasteiger partial charge on any atom is 0.337 e. The highest BCUT2D eigenvalue weighted by molar-refractivity contribution is 7.99. The Bertz CT molecular complexity index is 890. The SMILES string of the molecule is Cn1c(Sc2cc(=O)oc3ccccc23)nnc1C(C)(C)C. The molecule has 0 saturated heterocycles. The molecule has 6 heteroatoms. The lowest BCUT2D eigenvalue weighted by Gasteiger charge is -2.17. The van der Waals surface area contributed by atoms with Gasteiger partial charge in [-0.15, -0.1) is 10.2 Å². The minimum Gasteiger partial charge on any atom is -0.423 e. The van der Waals surface area contributed by atoms with Crippen molar-refractivity contribution in [3.8, 4) is 0 Å². The van der Waals surface area contributed by atoms with Gasteiger partial charge in [0.2, 0.25) is 0 Å². The average Bonchev–Trinajstić information content (AvgIpc) is 2.80. The van der Waals surface area contributed by atoms with Crippen molar-refractivity contribution in [2.24, 2.45) is 7.05 Å². The van der Waals surface area contributed by atoms with E-state index in [1.54, 1.807) is 6.07 Å². The van der Waals surface area contributed by atoms with Crippen LogP contribution in [0, 0.1) is 0 Å². The number of nitrogens with zero attached hydrogens (tertiary/aromatic N) is 3. The fraction of sp³-hybridized carbons (Fsp3) is 0.312. The Labute approximate surface area is 132 Å². The highest BCUT2D eigenvalue weighted by atomic mass is 32.2. The summed E-state index contributed by atoms with van der Waals surface area (Å²) in [6.45, 7) is 6.29. The number of rotatable bonds is 2. The summed E-state index contributed by atoms with van der Waals surface area (Å²) in [7, 11) is 1.94. The molecule has 0 atom stereocenters. The normalized spacial score (nSPS) is 12.0. The molecule has 5 nitrogen and oxygen atoms in total. The van der Waals surface area contributed by atoms with Gasteiger partial charge >= 0.3 is 5.63 Å². The third kappa shape index (κ3) is 2.66. The zero-order valence-electron chi connectivity index (χ0n) is 13.0. The topological polar surface area (TPSA) is 60.9 Å². The van der Waals surface area contributed by atoms with Crippen molar-refractivity contribution < 1.29 is 4.42 Å². The van der Waals surface area contributed by atoms with E-state index in [1.165, 1.54) is 17.8 Å². The van der Waals surface area contributed by atoms with E-state index in [9.17, 15) is 4.79 Å². The van der Waals surface area contributed by atoms with Crippen molar-refractivity contribution in [2.75, 3.05) is 0 Å². The first-order valence-corrected chi connectivity index (χ1v) is 7.78. The van der Waals surface area contributed by atoms with E-state index in [4.69, 9.17) is 4.42 Å². The Morgan fingerprint density at radius 1 is 1.18 bits per heavy atom. The third-order valence-electron chi connectivity index (χ3n) is 3.32. The van der Waals surface area contributed by atoms with Gasteiger partial charge in [-0.05, 0) is 17.8 Å². The van der Waals surface area contributed by atoms with Crippen LogP contribution in [0.15, 0.2) is 49.6 Å². The molecule has 2 aromatic heterocycles. The Kier molecular flexibility index (Phi) is 3.56. The van der Waals surface area contributed by atoms with E-state index in [0.29, 0.717) is 5.58 Å². The molecule has 0 aliphatic carbocycles. The molecule has 0 bridgehead atoms. The van der Waals surface area contributed by atoms with Gasteiger partial charge in [-0.2, -0.15) is 0 Å². The van der Waals surface area contributed by atoms with Crippen molar-refractivity contribution in [1.82, 2.24) is 14.8 Å². The molecule has 114 valence electrons. The largest absolute Gasteiger partial charge is 0.423 e. The van der Waals surface area contributed by atoms with Gasteiger partial charge in [0.15, 0.2) is 5.16 Å². The number of benzene rings is 1. The molecule has 22 heavy (non-hydrogen) atoms. The van der Waals surface area contributed by atoms with Gasteiger partial charge in [0.05, 0.1) is 0 Å². The Hall–Kier alpha value is -2.08. The molecule has 2 heterocycles. The van der Waals surface area contributed by atoms with Crippen LogP contribution >= 0.6 is 11.8 Å². The lowest BCUT2D eigenvalue weighted by atomic mass is 9.96.